The summed E-state index contributed by atoms with van der Waals surface area (Å²) < 4.78 is 5.38. The maximum atomic E-state index is 5.38. The molecule has 2 aliphatic heterocycles. The third-order valence-electron chi connectivity index (χ3n) is 5.91. The number of thiophene rings is 1. The lowest BCUT2D eigenvalue weighted by atomic mass is 9.97. The minimum atomic E-state index is 0.710. The monoisotopic (exact) mass is 385 g/mol. The molecule has 0 bridgehead atoms. The smallest absolute Gasteiger partial charge is 0.0937 e. The van der Waals surface area contributed by atoms with Crippen molar-refractivity contribution in [3.8, 4) is 10.4 Å². The average Bonchev–Trinajstić information content (AvgIpc) is 3.15. The van der Waals surface area contributed by atoms with Gasteiger partial charge in [-0.05, 0) is 37.4 Å². The van der Waals surface area contributed by atoms with Crippen molar-refractivity contribution >= 4 is 22.0 Å². The maximum Gasteiger partial charge on any atom is 0.0937 e. The lowest BCUT2D eigenvalue weighted by Gasteiger charge is -2.34. The van der Waals surface area contributed by atoms with Gasteiger partial charge in [0.2, 0.25) is 0 Å². The van der Waals surface area contributed by atoms with E-state index in [1.54, 1.807) is 0 Å². The van der Waals surface area contributed by atoms with Gasteiger partial charge < -0.3 is 19.4 Å². The highest BCUT2D eigenvalue weighted by atomic mass is 32.1. The molecule has 5 heteroatoms. The minimum absolute atomic E-state index is 0.710. The highest BCUT2D eigenvalue weighted by Gasteiger charge is 2.25. The topological polar surface area (TPSA) is 19.0 Å². The molecule has 0 atom stereocenters. The summed E-state index contributed by atoms with van der Waals surface area (Å²) in [7, 11) is 4.04. The highest BCUT2D eigenvalue weighted by molar-refractivity contribution is 7.20. The van der Waals surface area contributed by atoms with E-state index < -0.39 is 0 Å². The van der Waals surface area contributed by atoms with Crippen molar-refractivity contribution in [2.24, 2.45) is 5.92 Å². The van der Waals surface area contributed by atoms with Crippen LogP contribution in [0.25, 0.3) is 10.4 Å². The fourth-order valence-electron chi connectivity index (χ4n) is 4.16. The van der Waals surface area contributed by atoms with Crippen LogP contribution in [0, 0.1) is 5.92 Å². The molecular weight excluding hydrogens is 354 g/mol. The molecule has 0 spiro atoms. The molecule has 0 radical (unpaired) electrons. The zero-order valence-electron chi connectivity index (χ0n) is 16.6. The zero-order chi connectivity index (χ0) is 18.6. The Morgan fingerprint density at radius 3 is 2.33 bits per heavy atom. The van der Waals surface area contributed by atoms with Gasteiger partial charge in [0, 0.05) is 53.0 Å². The van der Waals surface area contributed by atoms with Crippen molar-refractivity contribution in [2.45, 2.75) is 12.8 Å². The van der Waals surface area contributed by atoms with Gasteiger partial charge in [0.25, 0.3) is 0 Å². The van der Waals surface area contributed by atoms with E-state index in [9.17, 15) is 0 Å². The van der Waals surface area contributed by atoms with Gasteiger partial charge in [-0.25, -0.2) is 0 Å². The number of likely N-dealkylation sites (N-methyl/N-ethyl adjacent to an activating group) is 1. The second-order valence-electron chi connectivity index (χ2n) is 7.84. The van der Waals surface area contributed by atoms with E-state index in [-0.39, 0.29) is 0 Å². The number of piperidine rings is 1. The van der Waals surface area contributed by atoms with Gasteiger partial charge in [-0.1, -0.05) is 30.3 Å². The average molecular weight is 386 g/mol. The lowest BCUT2D eigenvalue weighted by Crippen LogP contribution is -2.44. The van der Waals surface area contributed by atoms with Crippen LogP contribution in [0.2, 0.25) is 0 Å². The molecule has 1 aromatic heterocycles. The van der Waals surface area contributed by atoms with Gasteiger partial charge in [0.15, 0.2) is 0 Å². The Morgan fingerprint density at radius 2 is 1.67 bits per heavy atom. The van der Waals surface area contributed by atoms with Crippen LogP contribution in [0.3, 0.4) is 0 Å². The molecule has 0 N–H and O–H groups in total. The minimum Gasteiger partial charge on any atom is -0.384 e. The van der Waals surface area contributed by atoms with E-state index in [4.69, 9.17) is 4.74 Å². The molecule has 0 amide bonds. The van der Waals surface area contributed by atoms with E-state index in [2.05, 4.69) is 58.1 Å². The highest BCUT2D eigenvalue weighted by Crippen LogP contribution is 2.44. The molecule has 146 valence electrons. The second-order valence-corrected chi connectivity index (χ2v) is 8.87. The van der Waals surface area contributed by atoms with E-state index in [1.165, 1.54) is 34.0 Å². The van der Waals surface area contributed by atoms with Crippen LogP contribution in [0.5, 0.6) is 0 Å². The number of anilines is 2. The predicted octanol–water partition coefficient (Wildman–Crippen LogP) is 4.03. The molecule has 27 heavy (non-hydrogen) atoms. The summed E-state index contributed by atoms with van der Waals surface area (Å²) >= 11 is 1.97. The Balaban J connectivity index is 1.59. The molecule has 4 nitrogen and oxygen atoms in total. The molecule has 4 rings (SSSR count). The van der Waals surface area contributed by atoms with E-state index in [0.29, 0.717) is 5.92 Å². The number of hydrogen-bond acceptors (Lipinski definition) is 5. The summed E-state index contributed by atoms with van der Waals surface area (Å²) in [5.41, 5.74) is 2.77. The third kappa shape index (κ3) is 4.31. The molecule has 0 aliphatic carbocycles. The molecule has 0 saturated carbocycles. The number of piperazine rings is 1. The summed E-state index contributed by atoms with van der Waals surface area (Å²) in [6, 6.07) is 13.4. The van der Waals surface area contributed by atoms with Gasteiger partial charge in [0.05, 0.1) is 15.6 Å². The summed E-state index contributed by atoms with van der Waals surface area (Å²) in [6.45, 7) is 7.71. The molecule has 3 heterocycles. The Kier molecular flexibility index (Phi) is 6.01. The van der Waals surface area contributed by atoms with Gasteiger partial charge in [-0.2, -0.15) is 0 Å². The first-order valence-corrected chi connectivity index (χ1v) is 10.9. The summed E-state index contributed by atoms with van der Waals surface area (Å²) in [5, 5.41) is 1.43. The fraction of sp³-hybridized carbons (Fsp3) is 0.545. The number of nitrogens with zero attached hydrogens (tertiary/aromatic N) is 3. The predicted molar refractivity (Wildman–Crippen MR) is 116 cm³/mol. The molecule has 2 fully saturated rings. The first kappa shape index (κ1) is 18.8. The van der Waals surface area contributed by atoms with Crippen molar-refractivity contribution < 1.29 is 4.74 Å². The first-order valence-electron chi connectivity index (χ1n) is 10.1. The normalized spacial score (nSPS) is 19.6. The van der Waals surface area contributed by atoms with Crippen LogP contribution in [0.15, 0.2) is 36.4 Å². The Labute approximate surface area is 167 Å². The Hall–Kier alpha value is -1.56. The van der Waals surface area contributed by atoms with Gasteiger partial charge in [-0.15, -0.1) is 11.3 Å². The van der Waals surface area contributed by atoms with Crippen molar-refractivity contribution in [2.75, 3.05) is 69.8 Å². The molecule has 2 aliphatic rings. The number of hydrogen-bond donors (Lipinski definition) is 0. The van der Waals surface area contributed by atoms with E-state index in [0.717, 1.165) is 45.9 Å². The number of ether oxygens (including phenoxy) is 1. The standard InChI is InChI=1S/C22H31N3OS/c1-23-12-14-25(15-13-23)21-16-20(22(27-21)19-6-4-3-5-7-19)24-10-8-18(9-11-24)17-26-2/h3-7,16,18H,8-15,17H2,1-2H3. The summed E-state index contributed by atoms with van der Waals surface area (Å²) in [6.07, 6.45) is 2.45. The van der Waals surface area contributed by atoms with Gasteiger partial charge in [-0.3, -0.25) is 0 Å². The number of benzene rings is 1. The van der Waals surface area contributed by atoms with Crippen LogP contribution in [-0.2, 0) is 4.74 Å². The van der Waals surface area contributed by atoms with E-state index in [1.807, 2.05) is 18.4 Å². The Bertz CT molecular complexity index is 716. The quantitative estimate of drug-likeness (QED) is 0.773. The second kappa shape index (κ2) is 8.63. The Morgan fingerprint density at radius 1 is 0.963 bits per heavy atom. The number of rotatable bonds is 5. The molecule has 0 unspecified atom stereocenters. The van der Waals surface area contributed by atoms with Crippen LogP contribution >= 0.6 is 11.3 Å². The van der Waals surface area contributed by atoms with Crippen LogP contribution < -0.4 is 9.80 Å². The van der Waals surface area contributed by atoms with Crippen LogP contribution in [0.1, 0.15) is 12.8 Å². The van der Waals surface area contributed by atoms with Crippen molar-refractivity contribution in [3.63, 3.8) is 0 Å². The molecule has 2 aromatic rings. The van der Waals surface area contributed by atoms with Gasteiger partial charge in [0.1, 0.15) is 0 Å². The van der Waals surface area contributed by atoms with Crippen LogP contribution in [0.4, 0.5) is 10.7 Å². The number of methoxy groups -OCH3 is 1. The molecule has 1 aromatic carbocycles. The molecule has 2 saturated heterocycles. The molecular formula is C22H31N3OS. The summed E-state index contributed by atoms with van der Waals surface area (Å²) in [4.78, 5) is 9.02. The van der Waals surface area contributed by atoms with E-state index >= 15 is 0 Å². The van der Waals surface area contributed by atoms with Crippen LogP contribution in [-0.4, -0.2) is 64.9 Å². The largest absolute Gasteiger partial charge is 0.384 e. The van der Waals surface area contributed by atoms with Gasteiger partial charge >= 0.3 is 0 Å². The first-order chi connectivity index (χ1) is 13.2. The maximum absolute atomic E-state index is 5.38. The summed E-state index contributed by atoms with van der Waals surface area (Å²) in [5.74, 6) is 0.710. The third-order valence-corrected chi connectivity index (χ3v) is 7.14. The lowest BCUT2D eigenvalue weighted by molar-refractivity contribution is 0.139. The van der Waals surface area contributed by atoms with Crippen molar-refractivity contribution in [1.29, 1.82) is 0 Å². The fourth-order valence-corrected chi connectivity index (χ4v) is 5.40. The zero-order valence-corrected chi connectivity index (χ0v) is 17.4. The van der Waals surface area contributed by atoms with Crippen molar-refractivity contribution in [1.82, 2.24) is 4.90 Å². The SMILES string of the molecule is COCC1CCN(c2cc(N3CCN(C)CC3)sc2-c2ccccc2)CC1. The van der Waals surface area contributed by atoms with Crippen molar-refractivity contribution in [3.05, 3.63) is 36.4 Å².